The minimum absolute atomic E-state index is 0.165. The highest BCUT2D eigenvalue weighted by Gasteiger charge is 2.20. The largest absolute Gasteiger partial charge is 0.366 e. The number of imidazole rings is 1. The van der Waals surface area contributed by atoms with Crippen molar-refractivity contribution < 1.29 is 9.59 Å². The predicted molar refractivity (Wildman–Crippen MR) is 138 cm³/mol. The van der Waals surface area contributed by atoms with Crippen molar-refractivity contribution in [3.8, 4) is 22.5 Å². The van der Waals surface area contributed by atoms with Crippen LogP contribution in [0.4, 0.5) is 5.69 Å². The summed E-state index contributed by atoms with van der Waals surface area (Å²) in [6, 6.07) is 23.0. The number of aromatic amines is 1. The molecule has 2 amide bonds. The number of amides is 2. The van der Waals surface area contributed by atoms with E-state index in [9.17, 15) is 9.59 Å². The van der Waals surface area contributed by atoms with Gasteiger partial charge in [-0.2, -0.15) is 0 Å². The number of benzene rings is 3. The van der Waals surface area contributed by atoms with E-state index in [1.54, 1.807) is 24.3 Å². The number of anilines is 1. The molecule has 3 aromatic carbocycles. The summed E-state index contributed by atoms with van der Waals surface area (Å²) in [6.07, 6.45) is 0. The van der Waals surface area contributed by atoms with Crippen LogP contribution in [-0.2, 0) is 4.79 Å². The Kier molecular flexibility index (Phi) is 6.84. The Balaban J connectivity index is 1.56. The van der Waals surface area contributed by atoms with Crippen LogP contribution >= 0.6 is 11.8 Å². The third kappa shape index (κ3) is 5.38. The molecule has 172 valence electrons. The molecule has 1 aromatic heterocycles. The summed E-state index contributed by atoms with van der Waals surface area (Å²) in [5.74, 6) is -0.671. The summed E-state index contributed by atoms with van der Waals surface area (Å²) in [7, 11) is 0. The zero-order valence-electron chi connectivity index (χ0n) is 19.3. The van der Waals surface area contributed by atoms with Gasteiger partial charge in [0.2, 0.25) is 11.8 Å². The molecule has 0 spiro atoms. The molecule has 4 rings (SSSR count). The van der Waals surface area contributed by atoms with Crippen LogP contribution in [-0.4, -0.2) is 27.0 Å². The zero-order chi connectivity index (χ0) is 24.2. The molecule has 0 fully saturated rings. The van der Waals surface area contributed by atoms with E-state index in [0.717, 1.165) is 22.5 Å². The number of nitrogens with one attached hydrogen (secondary N) is 2. The standard InChI is InChI=1S/C27H26N4O2S/c1-16-4-8-19(9-5-16)23-24(20-10-6-17(2)7-11-20)31-27(30-23)34-18(3)26(33)29-22-14-12-21(13-15-22)25(28)32/h4-15,18H,1-3H3,(H2,28,32)(H,29,33)(H,30,31). The van der Waals surface area contributed by atoms with Gasteiger partial charge in [-0.15, -0.1) is 0 Å². The maximum Gasteiger partial charge on any atom is 0.248 e. The van der Waals surface area contributed by atoms with Gasteiger partial charge < -0.3 is 16.0 Å². The molecular weight excluding hydrogens is 444 g/mol. The average Bonchev–Trinajstić information content (AvgIpc) is 3.24. The van der Waals surface area contributed by atoms with Gasteiger partial charge in [0, 0.05) is 22.4 Å². The van der Waals surface area contributed by atoms with Gasteiger partial charge in [0.05, 0.1) is 16.6 Å². The summed E-state index contributed by atoms with van der Waals surface area (Å²) in [5, 5.41) is 3.13. The van der Waals surface area contributed by atoms with Crippen LogP contribution in [0.5, 0.6) is 0 Å². The zero-order valence-corrected chi connectivity index (χ0v) is 20.1. The third-order valence-corrected chi connectivity index (χ3v) is 6.43. The fourth-order valence-corrected chi connectivity index (χ4v) is 4.25. The fourth-order valence-electron chi connectivity index (χ4n) is 3.44. The first kappa shape index (κ1) is 23.3. The highest BCUT2D eigenvalue weighted by atomic mass is 32.2. The number of carbonyl (C=O) groups excluding carboxylic acids is 2. The summed E-state index contributed by atoms with van der Waals surface area (Å²) in [5.41, 5.74) is 12.4. The highest BCUT2D eigenvalue weighted by molar-refractivity contribution is 8.00. The van der Waals surface area contributed by atoms with E-state index in [1.165, 1.54) is 22.9 Å². The van der Waals surface area contributed by atoms with E-state index in [2.05, 4.69) is 72.7 Å². The highest BCUT2D eigenvalue weighted by Crippen LogP contribution is 2.34. The van der Waals surface area contributed by atoms with Crippen molar-refractivity contribution in [1.29, 1.82) is 0 Å². The maximum absolute atomic E-state index is 12.8. The number of nitrogens with zero attached hydrogens (tertiary/aromatic N) is 1. The Labute approximate surface area is 203 Å². The molecule has 4 aromatic rings. The van der Waals surface area contributed by atoms with Crippen LogP contribution < -0.4 is 11.1 Å². The minimum Gasteiger partial charge on any atom is -0.366 e. The van der Waals surface area contributed by atoms with E-state index in [-0.39, 0.29) is 5.91 Å². The number of thioether (sulfide) groups is 1. The lowest BCUT2D eigenvalue weighted by atomic mass is 10.0. The van der Waals surface area contributed by atoms with Crippen molar-refractivity contribution in [2.75, 3.05) is 5.32 Å². The molecule has 1 atom stereocenters. The maximum atomic E-state index is 12.8. The lowest BCUT2D eigenvalue weighted by Gasteiger charge is -2.10. The number of hydrogen-bond acceptors (Lipinski definition) is 4. The average molecular weight is 471 g/mol. The Hall–Kier alpha value is -3.84. The SMILES string of the molecule is Cc1ccc(-c2nc(SC(C)C(=O)Nc3ccc(C(N)=O)cc3)[nH]c2-c2ccc(C)cc2)cc1. The molecule has 0 aliphatic carbocycles. The monoisotopic (exact) mass is 470 g/mol. The van der Waals surface area contributed by atoms with Crippen LogP contribution in [0.2, 0.25) is 0 Å². The number of hydrogen-bond donors (Lipinski definition) is 3. The van der Waals surface area contributed by atoms with Crippen LogP contribution in [0.15, 0.2) is 78.0 Å². The lowest BCUT2D eigenvalue weighted by molar-refractivity contribution is -0.115. The van der Waals surface area contributed by atoms with E-state index in [4.69, 9.17) is 10.7 Å². The van der Waals surface area contributed by atoms with E-state index in [0.29, 0.717) is 16.4 Å². The van der Waals surface area contributed by atoms with Crippen molar-refractivity contribution in [3.05, 3.63) is 89.5 Å². The van der Waals surface area contributed by atoms with E-state index < -0.39 is 11.2 Å². The molecule has 4 N–H and O–H groups in total. The number of primary amides is 1. The van der Waals surface area contributed by atoms with Gasteiger partial charge in [0.1, 0.15) is 0 Å². The molecule has 1 heterocycles. The molecular formula is C27H26N4O2S. The second-order valence-electron chi connectivity index (χ2n) is 8.19. The number of aryl methyl sites for hydroxylation is 2. The van der Waals surface area contributed by atoms with Crippen LogP contribution in [0.25, 0.3) is 22.5 Å². The molecule has 0 radical (unpaired) electrons. The second kappa shape index (κ2) is 9.97. The molecule has 0 aliphatic rings. The van der Waals surface area contributed by atoms with Crippen molar-refractivity contribution in [2.45, 2.75) is 31.2 Å². The summed E-state index contributed by atoms with van der Waals surface area (Å²) < 4.78 is 0. The summed E-state index contributed by atoms with van der Waals surface area (Å²) in [6.45, 7) is 5.94. The Bertz CT molecular complexity index is 1250. The molecule has 1 unspecified atom stereocenters. The first-order valence-corrected chi connectivity index (χ1v) is 11.8. The minimum atomic E-state index is -0.506. The summed E-state index contributed by atoms with van der Waals surface area (Å²) in [4.78, 5) is 32.3. The molecule has 0 bridgehead atoms. The topological polar surface area (TPSA) is 101 Å². The van der Waals surface area contributed by atoms with Gasteiger partial charge in [0.25, 0.3) is 0 Å². The molecule has 7 heteroatoms. The van der Waals surface area contributed by atoms with Crippen LogP contribution in [0.3, 0.4) is 0 Å². The number of H-pyrrole nitrogens is 1. The molecule has 0 saturated carbocycles. The molecule has 6 nitrogen and oxygen atoms in total. The Morgan fingerprint density at radius 1 is 0.882 bits per heavy atom. The molecule has 34 heavy (non-hydrogen) atoms. The second-order valence-corrected chi connectivity index (χ2v) is 9.52. The van der Waals surface area contributed by atoms with Gasteiger partial charge in [-0.25, -0.2) is 4.98 Å². The smallest absolute Gasteiger partial charge is 0.248 e. The number of carbonyl (C=O) groups is 2. The van der Waals surface area contributed by atoms with Gasteiger partial charge in [-0.1, -0.05) is 71.4 Å². The summed E-state index contributed by atoms with van der Waals surface area (Å²) >= 11 is 1.36. The first-order chi connectivity index (χ1) is 16.3. The van der Waals surface area contributed by atoms with Gasteiger partial charge >= 0.3 is 0 Å². The van der Waals surface area contributed by atoms with E-state index in [1.807, 2.05) is 6.92 Å². The van der Waals surface area contributed by atoms with Crippen LogP contribution in [0.1, 0.15) is 28.4 Å². The Morgan fingerprint density at radius 3 is 2.00 bits per heavy atom. The van der Waals surface area contributed by atoms with E-state index >= 15 is 0 Å². The van der Waals surface area contributed by atoms with Crippen molar-refractivity contribution >= 4 is 29.3 Å². The quantitative estimate of drug-likeness (QED) is 0.307. The number of nitrogens with two attached hydrogens (primary N) is 1. The number of rotatable bonds is 7. The lowest BCUT2D eigenvalue weighted by Crippen LogP contribution is -2.22. The van der Waals surface area contributed by atoms with Gasteiger partial charge in [0.15, 0.2) is 5.16 Å². The van der Waals surface area contributed by atoms with Gasteiger partial charge in [-0.3, -0.25) is 9.59 Å². The van der Waals surface area contributed by atoms with Crippen LogP contribution in [0, 0.1) is 13.8 Å². The van der Waals surface area contributed by atoms with Crippen molar-refractivity contribution in [3.63, 3.8) is 0 Å². The molecule has 0 aliphatic heterocycles. The van der Waals surface area contributed by atoms with Crippen molar-refractivity contribution in [1.82, 2.24) is 9.97 Å². The number of aromatic nitrogens is 2. The van der Waals surface area contributed by atoms with Crippen molar-refractivity contribution in [2.24, 2.45) is 5.73 Å². The van der Waals surface area contributed by atoms with Gasteiger partial charge in [-0.05, 0) is 45.0 Å². The normalized spacial score (nSPS) is 11.7. The first-order valence-electron chi connectivity index (χ1n) is 10.9. The predicted octanol–water partition coefficient (Wildman–Crippen LogP) is 5.58. The molecule has 0 saturated heterocycles. The third-order valence-electron chi connectivity index (χ3n) is 5.44. The fraction of sp³-hybridized carbons (Fsp3) is 0.148. The Morgan fingerprint density at radius 2 is 1.44 bits per heavy atom.